The van der Waals surface area contributed by atoms with Crippen molar-refractivity contribution in [1.29, 1.82) is 0 Å². The molecule has 1 aromatic carbocycles. The number of piperidine rings is 1. The van der Waals surface area contributed by atoms with Gasteiger partial charge in [0.15, 0.2) is 11.5 Å². The van der Waals surface area contributed by atoms with Crippen molar-refractivity contribution in [3.05, 3.63) is 46.8 Å². The van der Waals surface area contributed by atoms with Gasteiger partial charge in [0.1, 0.15) is 11.5 Å². The fourth-order valence-corrected chi connectivity index (χ4v) is 4.35. The summed E-state index contributed by atoms with van der Waals surface area (Å²) < 4.78 is 29.1. The quantitative estimate of drug-likeness (QED) is 0.885. The Balaban J connectivity index is 1.51. The Morgan fingerprint density at radius 3 is 2.85 bits per heavy atom. The van der Waals surface area contributed by atoms with Crippen molar-refractivity contribution >= 4 is 5.91 Å². The zero-order valence-corrected chi connectivity index (χ0v) is 14.3. The molecule has 26 heavy (non-hydrogen) atoms. The van der Waals surface area contributed by atoms with Crippen LogP contribution < -0.4 is 10.6 Å². The summed E-state index contributed by atoms with van der Waals surface area (Å²) in [4.78, 5) is 12.8. The second kappa shape index (κ2) is 5.87. The smallest absolute Gasteiger partial charge is 0.272 e. The van der Waals surface area contributed by atoms with E-state index in [4.69, 9.17) is 0 Å². The average molecular weight is 358 g/mol. The lowest BCUT2D eigenvalue weighted by atomic mass is 10.1. The molecule has 3 aliphatic rings. The molecule has 1 aromatic heterocycles. The molecule has 2 aliphatic carbocycles. The van der Waals surface area contributed by atoms with Gasteiger partial charge in [0, 0.05) is 23.6 Å². The predicted molar refractivity (Wildman–Crippen MR) is 91.4 cm³/mol. The number of carbonyl (C=O) groups is 1. The Kier molecular flexibility index (Phi) is 3.60. The summed E-state index contributed by atoms with van der Waals surface area (Å²) in [5.74, 6) is -0.603. The van der Waals surface area contributed by atoms with Gasteiger partial charge in [-0.25, -0.2) is 13.5 Å². The first kappa shape index (κ1) is 15.9. The van der Waals surface area contributed by atoms with Crippen LogP contribution in [-0.2, 0) is 6.42 Å². The van der Waals surface area contributed by atoms with E-state index in [-0.39, 0.29) is 17.6 Å². The summed E-state index contributed by atoms with van der Waals surface area (Å²) in [5.41, 5.74) is 2.46. The second-order valence-corrected chi connectivity index (χ2v) is 7.52. The standard InChI is InChI=1S/C19H20F2N4O/c20-11-1-2-16(15(21)9-11)25-18-13-7-10(13)8-14(18)17(24-25)19(26)23-12-3-5-22-6-4-12/h1-2,9-10,12-13,22H,3-8H2,(H,23,26)/t10-,13-/m1/s1. The third kappa shape index (κ3) is 2.53. The lowest BCUT2D eigenvalue weighted by molar-refractivity contribution is 0.0923. The van der Waals surface area contributed by atoms with Crippen molar-refractivity contribution in [2.45, 2.75) is 37.6 Å². The number of hydrogen-bond acceptors (Lipinski definition) is 3. The monoisotopic (exact) mass is 358 g/mol. The van der Waals surface area contributed by atoms with E-state index < -0.39 is 11.6 Å². The summed E-state index contributed by atoms with van der Waals surface area (Å²) in [6.07, 6.45) is 3.66. The maximum absolute atomic E-state index is 14.3. The van der Waals surface area contributed by atoms with Gasteiger partial charge in [0.05, 0.1) is 5.69 Å². The van der Waals surface area contributed by atoms with Crippen LogP contribution >= 0.6 is 0 Å². The van der Waals surface area contributed by atoms with Crippen LogP contribution in [0, 0.1) is 17.6 Å². The van der Waals surface area contributed by atoms with E-state index >= 15 is 0 Å². The normalized spacial score (nSPS) is 24.2. The van der Waals surface area contributed by atoms with Crippen LogP contribution in [0.1, 0.15) is 46.9 Å². The minimum atomic E-state index is -0.662. The van der Waals surface area contributed by atoms with E-state index in [0.717, 1.165) is 56.1 Å². The van der Waals surface area contributed by atoms with Crippen LogP contribution in [0.15, 0.2) is 18.2 Å². The van der Waals surface area contributed by atoms with Gasteiger partial charge in [0.2, 0.25) is 0 Å². The zero-order valence-electron chi connectivity index (χ0n) is 14.3. The number of halogens is 2. The molecule has 0 spiro atoms. The van der Waals surface area contributed by atoms with E-state index in [0.29, 0.717) is 17.5 Å². The molecular weight excluding hydrogens is 338 g/mol. The highest BCUT2D eigenvalue weighted by Crippen LogP contribution is 2.57. The summed E-state index contributed by atoms with van der Waals surface area (Å²) in [6.45, 7) is 1.78. The van der Waals surface area contributed by atoms with Gasteiger partial charge in [-0.1, -0.05) is 0 Å². The largest absolute Gasteiger partial charge is 0.348 e. The lowest BCUT2D eigenvalue weighted by Crippen LogP contribution is -2.43. The van der Waals surface area contributed by atoms with Crippen molar-refractivity contribution in [2.75, 3.05) is 13.1 Å². The highest BCUT2D eigenvalue weighted by molar-refractivity contribution is 5.94. The topological polar surface area (TPSA) is 59.0 Å². The van der Waals surface area contributed by atoms with Crippen molar-refractivity contribution in [1.82, 2.24) is 20.4 Å². The summed E-state index contributed by atoms with van der Waals surface area (Å²) in [6, 6.07) is 3.61. The van der Waals surface area contributed by atoms with E-state index in [9.17, 15) is 13.6 Å². The SMILES string of the molecule is O=C(NC1CCNCC1)c1nn(-c2ccc(F)cc2F)c2c1C[C@H]1C[C@@H]21. The molecule has 2 aromatic rings. The summed E-state index contributed by atoms with van der Waals surface area (Å²) in [7, 11) is 0. The molecule has 0 bridgehead atoms. The summed E-state index contributed by atoms with van der Waals surface area (Å²) >= 11 is 0. The molecule has 1 saturated carbocycles. The minimum absolute atomic E-state index is 0.142. The molecule has 5 rings (SSSR count). The van der Waals surface area contributed by atoms with Gasteiger partial charge >= 0.3 is 0 Å². The van der Waals surface area contributed by atoms with Crippen molar-refractivity contribution in [3.8, 4) is 5.69 Å². The van der Waals surface area contributed by atoms with Crippen LogP contribution in [-0.4, -0.2) is 34.8 Å². The van der Waals surface area contributed by atoms with Gasteiger partial charge in [-0.2, -0.15) is 5.10 Å². The molecule has 2 atom stereocenters. The zero-order chi connectivity index (χ0) is 17.8. The van der Waals surface area contributed by atoms with Gasteiger partial charge in [-0.3, -0.25) is 4.79 Å². The molecule has 2 heterocycles. The van der Waals surface area contributed by atoms with E-state index in [2.05, 4.69) is 15.7 Å². The molecular formula is C19H20F2N4O. The Labute approximate surface area is 149 Å². The Morgan fingerprint density at radius 1 is 1.27 bits per heavy atom. The molecule has 0 radical (unpaired) electrons. The number of nitrogens with one attached hydrogen (secondary N) is 2. The van der Waals surface area contributed by atoms with Crippen LogP contribution in [0.25, 0.3) is 5.69 Å². The highest BCUT2D eigenvalue weighted by atomic mass is 19.1. The molecule has 1 aliphatic heterocycles. The third-order valence-electron chi connectivity index (χ3n) is 5.79. The maximum Gasteiger partial charge on any atom is 0.272 e. The highest BCUT2D eigenvalue weighted by Gasteiger charge is 2.50. The molecule has 1 saturated heterocycles. The Hall–Kier alpha value is -2.28. The lowest BCUT2D eigenvalue weighted by Gasteiger charge is -2.23. The number of fused-ring (bicyclic) bond motifs is 3. The van der Waals surface area contributed by atoms with Gasteiger partial charge in [0.25, 0.3) is 5.91 Å². The fraction of sp³-hybridized carbons (Fsp3) is 0.474. The van der Waals surface area contributed by atoms with E-state index in [1.54, 1.807) is 0 Å². The predicted octanol–water partition coefficient (Wildman–Crippen LogP) is 2.29. The van der Waals surface area contributed by atoms with Gasteiger partial charge in [-0.05, 0) is 56.8 Å². The van der Waals surface area contributed by atoms with E-state index in [1.165, 1.54) is 16.8 Å². The van der Waals surface area contributed by atoms with E-state index in [1.807, 2.05) is 0 Å². The Morgan fingerprint density at radius 2 is 2.08 bits per heavy atom. The van der Waals surface area contributed by atoms with Gasteiger partial charge < -0.3 is 10.6 Å². The minimum Gasteiger partial charge on any atom is -0.348 e. The number of hydrogen-bond donors (Lipinski definition) is 2. The molecule has 2 N–H and O–H groups in total. The van der Waals surface area contributed by atoms with Crippen LogP contribution in [0.4, 0.5) is 8.78 Å². The molecule has 1 amide bonds. The fourth-order valence-electron chi connectivity index (χ4n) is 4.35. The first-order valence-electron chi connectivity index (χ1n) is 9.20. The summed E-state index contributed by atoms with van der Waals surface area (Å²) in [5, 5.41) is 10.8. The van der Waals surface area contributed by atoms with Crippen LogP contribution in [0.5, 0.6) is 0 Å². The number of aromatic nitrogens is 2. The second-order valence-electron chi connectivity index (χ2n) is 7.52. The first-order chi connectivity index (χ1) is 12.6. The van der Waals surface area contributed by atoms with Crippen molar-refractivity contribution in [2.24, 2.45) is 5.92 Å². The molecule has 0 unspecified atom stereocenters. The molecule has 136 valence electrons. The van der Waals surface area contributed by atoms with Crippen LogP contribution in [0.3, 0.4) is 0 Å². The van der Waals surface area contributed by atoms with Crippen molar-refractivity contribution in [3.63, 3.8) is 0 Å². The molecule has 7 heteroatoms. The molecule has 5 nitrogen and oxygen atoms in total. The number of rotatable bonds is 3. The number of benzene rings is 1. The first-order valence-corrected chi connectivity index (χ1v) is 9.20. The maximum atomic E-state index is 14.3. The average Bonchev–Trinajstić information content (AvgIpc) is 3.12. The van der Waals surface area contributed by atoms with Crippen molar-refractivity contribution < 1.29 is 13.6 Å². The van der Waals surface area contributed by atoms with Crippen LogP contribution in [0.2, 0.25) is 0 Å². The number of carbonyl (C=O) groups excluding carboxylic acids is 1. The Bertz CT molecular complexity index is 888. The third-order valence-corrected chi connectivity index (χ3v) is 5.79. The van der Waals surface area contributed by atoms with Gasteiger partial charge in [-0.15, -0.1) is 0 Å². The number of nitrogens with zero attached hydrogens (tertiary/aromatic N) is 2. The number of amides is 1. The molecule has 2 fully saturated rings.